The van der Waals surface area contributed by atoms with Crippen LogP contribution in [0.15, 0.2) is 0 Å². The minimum atomic E-state index is -0.189. The molecule has 2 N–H and O–H groups in total. The van der Waals surface area contributed by atoms with E-state index in [1.165, 1.54) is 0 Å². The van der Waals surface area contributed by atoms with Crippen LogP contribution in [0, 0.1) is 0 Å². The second kappa shape index (κ2) is 7.35. The minimum Gasteiger partial charge on any atom is -0.372 e. The molecule has 2 rings (SSSR count). The first kappa shape index (κ1) is 14.9. The van der Waals surface area contributed by atoms with Crippen molar-refractivity contribution in [2.75, 3.05) is 31.6 Å². The fraction of sp³-hybridized carbons (Fsp3) is 0.769. The number of ether oxygens (including phenoxy) is 1. The number of hydrogen-bond donors (Lipinski definition) is 2. The molecule has 0 atom stereocenters. The van der Waals surface area contributed by atoms with Gasteiger partial charge in [-0.1, -0.05) is 6.92 Å². The lowest BCUT2D eigenvalue weighted by Crippen LogP contribution is -2.27. The number of carbonyl (C=O) groups is 1. The zero-order valence-corrected chi connectivity index (χ0v) is 12.2. The van der Waals surface area contributed by atoms with Crippen molar-refractivity contribution in [1.29, 1.82) is 0 Å². The summed E-state index contributed by atoms with van der Waals surface area (Å²) >= 11 is 0. The molecule has 1 fully saturated rings. The van der Waals surface area contributed by atoms with Crippen molar-refractivity contribution in [1.82, 2.24) is 20.1 Å². The van der Waals surface area contributed by atoms with Crippen LogP contribution >= 0.6 is 0 Å². The number of rotatable bonds is 6. The summed E-state index contributed by atoms with van der Waals surface area (Å²) in [5, 5.41) is 10.5. The van der Waals surface area contributed by atoms with Gasteiger partial charge in [-0.2, -0.15) is 10.1 Å². The number of carbonyl (C=O) groups excluding carboxylic acids is 1. The maximum absolute atomic E-state index is 11.7. The fourth-order valence-corrected chi connectivity index (χ4v) is 2.24. The van der Waals surface area contributed by atoms with Crippen LogP contribution in [0.4, 0.5) is 5.95 Å². The summed E-state index contributed by atoms with van der Waals surface area (Å²) in [6.07, 6.45) is 2.98. The highest BCUT2D eigenvalue weighted by atomic mass is 16.5. The summed E-state index contributed by atoms with van der Waals surface area (Å²) in [5.74, 6) is 1.50. The van der Waals surface area contributed by atoms with Crippen LogP contribution in [0.2, 0.25) is 0 Å². The predicted molar refractivity (Wildman–Crippen MR) is 75.6 cm³/mol. The summed E-state index contributed by atoms with van der Waals surface area (Å²) in [5.41, 5.74) is 0. The molecule has 1 aliphatic rings. The Morgan fingerprint density at radius 2 is 2.25 bits per heavy atom. The van der Waals surface area contributed by atoms with Crippen molar-refractivity contribution in [3.05, 3.63) is 5.82 Å². The summed E-state index contributed by atoms with van der Waals surface area (Å²) in [7, 11) is 1.79. The van der Waals surface area contributed by atoms with Gasteiger partial charge in [0.2, 0.25) is 5.95 Å². The molecule has 20 heavy (non-hydrogen) atoms. The zero-order chi connectivity index (χ0) is 14.4. The van der Waals surface area contributed by atoms with E-state index in [2.05, 4.69) is 20.7 Å². The first-order valence-electron chi connectivity index (χ1n) is 7.20. The number of aryl methyl sites for hydroxylation is 1. The Hall–Kier alpha value is -1.47. The Balaban J connectivity index is 1.91. The second-order valence-corrected chi connectivity index (χ2v) is 5.04. The van der Waals surface area contributed by atoms with Crippen LogP contribution in [-0.4, -0.2) is 47.0 Å². The summed E-state index contributed by atoms with van der Waals surface area (Å²) in [4.78, 5) is 16.1. The van der Waals surface area contributed by atoms with E-state index in [9.17, 15) is 4.79 Å². The molecule has 7 heteroatoms. The third-order valence-electron chi connectivity index (χ3n) is 3.32. The van der Waals surface area contributed by atoms with Gasteiger partial charge >= 0.3 is 0 Å². The highest BCUT2D eigenvalue weighted by Crippen LogP contribution is 2.23. The number of piperidine rings is 1. The van der Waals surface area contributed by atoms with E-state index in [4.69, 9.17) is 4.74 Å². The topological polar surface area (TPSA) is 81.1 Å². The second-order valence-electron chi connectivity index (χ2n) is 5.04. The van der Waals surface area contributed by atoms with Gasteiger partial charge in [0, 0.05) is 19.6 Å². The van der Waals surface area contributed by atoms with Gasteiger partial charge < -0.3 is 10.1 Å². The molecule has 1 aromatic heterocycles. The van der Waals surface area contributed by atoms with Crippen LogP contribution in [0.25, 0.3) is 0 Å². The maximum Gasteiger partial charge on any atom is 0.252 e. The predicted octanol–water partition coefficient (Wildman–Crippen LogP) is 0.647. The highest BCUT2D eigenvalue weighted by Gasteiger charge is 2.21. The SMILES string of the molecule is CCCOCC(=O)Nc1nc(C2CCNCC2)nn1C. The molecular formula is C13H23N5O2. The van der Waals surface area contributed by atoms with E-state index in [0.717, 1.165) is 38.2 Å². The van der Waals surface area contributed by atoms with Crippen molar-refractivity contribution in [2.45, 2.75) is 32.1 Å². The van der Waals surface area contributed by atoms with Crippen molar-refractivity contribution in [3.63, 3.8) is 0 Å². The van der Waals surface area contributed by atoms with Crippen molar-refractivity contribution < 1.29 is 9.53 Å². The van der Waals surface area contributed by atoms with E-state index in [1.54, 1.807) is 11.7 Å². The lowest BCUT2D eigenvalue weighted by Gasteiger charge is -2.19. The van der Waals surface area contributed by atoms with Gasteiger partial charge in [-0.25, -0.2) is 4.68 Å². The molecule has 112 valence electrons. The van der Waals surface area contributed by atoms with Crippen LogP contribution < -0.4 is 10.6 Å². The fourth-order valence-electron chi connectivity index (χ4n) is 2.24. The summed E-state index contributed by atoms with van der Waals surface area (Å²) < 4.78 is 6.82. The quantitative estimate of drug-likeness (QED) is 0.748. The molecule has 0 aliphatic carbocycles. The van der Waals surface area contributed by atoms with E-state index in [0.29, 0.717) is 18.5 Å². The summed E-state index contributed by atoms with van der Waals surface area (Å²) in [6, 6.07) is 0. The Morgan fingerprint density at radius 1 is 1.50 bits per heavy atom. The highest BCUT2D eigenvalue weighted by molar-refractivity contribution is 5.90. The number of hydrogen-bond acceptors (Lipinski definition) is 5. The van der Waals surface area contributed by atoms with E-state index < -0.39 is 0 Å². The number of aromatic nitrogens is 3. The molecule has 1 saturated heterocycles. The molecular weight excluding hydrogens is 258 g/mol. The molecule has 1 aliphatic heterocycles. The van der Waals surface area contributed by atoms with E-state index in [-0.39, 0.29) is 12.5 Å². The van der Waals surface area contributed by atoms with Gasteiger partial charge in [-0.3, -0.25) is 10.1 Å². The smallest absolute Gasteiger partial charge is 0.252 e. The molecule has 0 unspecified atom stereocenters. The van der Waals surface area contributed by atoms with Gasteiger partial charge in [-0.15, -0.1) is 0 Å². The number of nitrogens with zero attached hydrogens (tertiary/aromatic N) is 3. The first-order valence-corrected chi connectivity index (χ1v) is 7.20. The zero-order valence-electron chi connectivity index (χ0n) is 12.2. The van der Waals surface area contributed by atoms with E-state index >= 15 is 0 Å². The molecule has 1 amide bonds. The van der Waals surface area contributed by atoms with Gasteiger partial charge in [0.1, 0.15) is 6.61 Å². The van der Waals surface area contributed by atoms with Crippen LogP contribution in [-0.2, 0) is 16.6 Å². The Morgan fingerprint density at radius 3 is 2.95 bits per heavy atom. The van der Waals surface area contributed by atoms with Gasteiger partial charge in [0.15, 0.2) is 5.82 Å². The molecule has 2 heterocycles. The lowest BCUT2D eigenvalue weighted by molar-refractivity contribution is -0.120. The summed E-state index contributed by atoms with van der Waals surface area (Å²) in [6.45, 7) is 4.65. The van der Waals surface area contributed by atoms with Gasteiger partial charge in [0.05, 0.1) is 0 Å². The molecule has 1 aromatic rings. The average Bonchev–Trinajstić information content (AvgIpc) is 2.81. The number of nitrogens with one attached hydrogen (secondary N) is 2. The number of anilines is 1. The Kier molecular flexibility index (Phi) is 5.49. The van der Waals surface area contributed by atoms with Crippen LogP contribution in [0.5, 0.6) is 0 Å². The van der Waals surface area contributed by atoms with Gasteiger partial charge in [-0.05, 0) is 32.4 Å². The minimum absolute atomic E-state index is 0.0589. The third-order valence-corrected chi connectivity index (χ3v) is 3.32. The molecule has 0 saturated carbocycles. The van der Waals surface area contributed by atoms with Crippen LogP contribution in [0.1, 0.15) is 37.9 Å². The first-order chi connectivity index (χ1) is 9.70. The van der Waals surface area contributed by atoms with Crippen molar-refractivity contribution in [2.24, 2.45) is 7.05 Å². The average molecular weight is 281 g/mol. The molecule has 7 nitrogen and oxygen atoms in total. The molecule has 0 spiro atoms. The third kappa shape index (κ3) is 4.01. The standard InChI is InChI=1S/C13H23N5O2/c1-3-8-20-9-11(19)15-13-16-12(17-18(13)2)10-4-6-14-7-5-10/h10,14H,3-9H2,1-2H3,(H,15,16,17,19). The monoisotopic (exact) mass is 281 g/mol. The largest absolute Gasteiger partial charge is 0.372 e. The van der Waals surface area contributed by atoms with E-state index in [1.807, 2.05) is 6.92 Å². The normalized spacial score (nSPS) is 16.3. The Bertz CT molecular complexity index is 440. The lowest BCUT2D eigenvalue weighted by atomic mass is 9.98. The van der Waals surface area contributed by atoms with Gasteiger partial charge in [0.25, 0.3) is 5.91 Å². The molecule has 0 bridgehead atoms. The van der Waals surface area contributed by atoms with Crippen molar-refractivity contribution >= 4 is 11.9 Å². The molecule has 0 aromatic carbocycles. The molecule has 0 radical (unpaired) electrons. The van der Waals surface area contributed by atoms with Crippen molar-refractivity contribution in [3.8, 4) is 0 Å². The number of amides is 1. The van der Waals surface area contributed by atoms with Crippen LogP contribution in [0.3, 0.4) is 0 Å². The maximum atomic E-state index is 11.7. The Labute approximate surface area is 119 Å².